The molecule has 0 unspecified atom stereocenters. The predicted molar refractivity (Wildman–Crippen MR) is 134 cm³/mol. The second kappa shape index (κ2) is 9.60. The molecule has 0 radical (unpaired) electrons. The number of pyridine rings is 1. The lowest BCUT2D eigenvalue weighted by atomic mass is 9.95. The number of anilines is 1. The first-order valence-electron chi connectivity index (χ1n) is 11.2. The zero-order valence-corrected chi connectivity index (χ0v) is 19.8. The van der Waals surface area contributed by atoms with Crippen molar-refractivity contribution in [3.8, 4) is 11.1 Å². The number of hydrogen-bond acceptors (Lipinski definition) is 6. The Morgan fingerprint density at radius 3 is 2.57 bits per heavy atom. The van der Waals surface area contributed by atoms with Crippen molar-refractivity contribution in [1.82, 2.24) is 14.5 Å². The van der Waals surface area contributed by atoms with E-state index in [9.17, 15) is 14.4 Å². The number of Topliss-reactive ketones (excluding diaryl/α,β-unsaturated/α-hetero) is 1. The summed E-state index contributed by atoms with van der Waals surface area (Å²) in [7, 11) is 0. The number of fused-ring (bicyclic) bond motifs is 1. The van der Waals surface area contributed by atoms with Crippen LogP contribution in [-0.4, -0.2) is 37.9 Å². The summed E-state index contributed by atoms with van der Waals surface area (Å²) in [6, 6.07) is 15.9. The number of aromatic nitrogens is 3. The molecule has 2 N–H and O–H groups in total. The average molecular weight is 471 g/mol. The quantitative estimate of drug-likeness (QED) is 0.416. The van der Waals surface area contributed by atoms with Crippen LogP contribution in [0, 0.1) is 5.41 Å². The van der Waals surface area contributed by atoms with Gasteiger partial charge < -0.3 is 10.4 Å². The highest BCUT2D eigenvalue weighted by Gasteiger charge is 2.22. The molecule has 2 heterocycles. The number of carbonyl (C=O) groups is 2. The molecule has 2 aromatic heterocycles. The van der Waals surface area contributed by atoms with Gasteiger partial charge >= 0.3 is 0 Å². The minimum absolute atomic E-state index is 0.138. The second-order valence-corrected chi connectivity index (χ2v) is 9.29. The Balaban J connectivity index is 1.67. The number of hydrogen-bond donors (Lipinski definition) is 2. The Labute approximate surface area is 202 Å². The van der Waals surface area contributed by atoms with E-state index >= 15 is 0 Å². The highest BCUT2D eigenvalue weighted by Crippen LogP contribution is 2.28. The molecule has 0 fully saturated rings. The molecule has 35 heavy (non-hydrogen) atoms. The molecule has 8 nitrogen and oxygen atoms in total. The van der Waals surface area contributed by atoms with Crippen molar-refractivity contribution >= 4 is 28.4 Å². The van der Waals surface area contributed by atoms with Crippen LogP contribution in [0.5, 0.6) is 0 Å². The Bertz CT molecular complexity index is 1480. The molecule has 0 saturated carbocycles. The molecule has 4 rings (SSSR count). The van der Waals surface area contributed by atoms with Crippen LogP contribution in [0.4, 0.5) is 5.82 Å². The van der Waals surface area contributed by atoms with E-state index in [0.29, 0.717) is 16.7 Å². The molecule has 1 amide bonds. The standard InChI is InChI=1S/C27H26N4O4/c1-27(2,3)26(35)30-24-20(8-5-11-28-24)18-7-4-6-17(12-18)14-31-16-29-22-10-9-19(23(33)15-32)13-21(22)25(31)34/h4-13,16,32H,14-15H2,1-3H3,(H,28,30,35). The van der Waals surface area contributed by atoms with Gasteiger partial charge in [0.15, 0.2) is 5.78 Å². The molecule has 0 bridgehead atoms. The Morgan fingerprint density at radius 1 is 1.03 bits per heavy atom. The third kappa shape index (κ3) is 5.17. The predicted octanol–water partition coefficient (Wildman–Crippen LogP) is 3.67. The average Bonchev–Trinajstić information content (AvgIpc) is 2.85. The van der Waals surface area contributed by atoms with E-state index in [0.717, 1.165) is 16.7 Å². The first-order valence-corrected chi connectivity index (χ1v) is 11.2. The highest BCUT2D eigenvalue weighted by atomic mass is 16.3. The van der Waals surface area contributed by atoms with Gasteiger partial charge in [0, 0.05) is 22.7 Å². The monoisotopic (exact) mass is 470 g/mol. The minimum Gasteiger partial charge on any atom is -0.388 e. The molecule has 0 spiro atoms. The molecule has 178 valence electrons. The lowest BCUT2D eigenvalue weighted by Gasteiger charge is -2.19. The lowest BCUT2D eigenvalue weighted by molar-refractivity contribution is -0.123. The van der Waals surface area contributed by atoms with Crippen LogP contribution in [0.25, 0.3) is 22.0 Å². The molecule has 8 heteroatoms. The van der Waals surface area contributed by atoms with Crippen LogP contribution in [0.1, 0.15) is 36.7 Å². The van der Waals surface area contributed by atoms with Gasteiger partial charge in [-0.05, 0) is 47.5 Å². The Morgan fingerprint density at radius 2 is 1.83 bits per heavy atom. The molecule has 0 saturated heterocycles. The summed E-state index contributed by atoms with van der Waals surface area (Å²) in [5, 5.41) is 12.3. The second-order valence-electron chi connectivity index (χ2n) is 9.29. The van der Waals surface area contributed by atoms with Crippen molar-refractivity contribution in [3.05, 3.63) is 88.6 Å². The van der Waals surface area contributed by atoms with Crippen molar-refractivity contribution in [3.63, 3.8) is 0 Å². The van der Waals surface area contributed by atoms with Gasteiger partial charge in [0.2, 0.25) is 5.91 Å². The topological polar surface area (TPSA) is 114 Å². The van der Waals surface area contributed by atoms with E-state index in [2.05, 4.69) is 15.3 Å². The molecule has 0 aliphatic rings. The summed E-state index contributed by atoms with van der Waals surface area (Å²) in [4.78, 5) is 46.2. The van der Waals surface area contributed by atoms with E-state index in [-0.39, 0.29) is 23.6 Å². The van der Waals surface area contributed by atoms with Crippen LogP contribution in [0.2, 0.25) is 0 Å². The van der Waals surface area contributed by atoms with Crippen LogP contribution in [-0.2, 0) is 11.3 Å². The van der Waals surface area contributed by atoms with Crippen molar-refractivity contribution in [2.45, 2.75) is 27.3 Å². The van der Waals surface area contributed by atoms with Gasteiger partial charge in [0.25, 0.3) is 5.56 Å². The number of benzene rings is 2. The molecule has 4 aromatic rings. The minimum atomic E-state index is -0.626. The number of ketones is 1. The van der Waals surface area contributed by atoms with Gasteiger partial charge in [-0.25, -0.2) is 9.97 Å². The number of carbonyl (C=O) groups excluding carboxylic acids is 2. The van der Waals surface area contributed by atoms with E-state index < -0.39 is 17.8 Å². The van der Waals surface area contributed by atoms with Crippen molar-refractivity contribution in [1.29, 1.82) is 0 Å². The fourth-order valence-corrected chi connectivity index (χ4v) is 3.60. The Kier molecular flexibility index (Phi) is 6.57. The highest BCUT2D eigenvalue weighted by molar-refractivity contribution is 6.00. The molecule has 2 aromatic carbocycles. The summed E-state index contributed by atoms with van der Waals surface area (Å²) in [5.41, 5.74) is 2.35. The van der Waals surface area contributed by atoms with Gasteiger partial charge in [-0.15, -0.1) is 0 Å². The molecule has 0 atom stereocenters. The van der Waals surface area contributed by atoms with E-state index in [1.165, 1.54) is 17.0 Å². The van der Waals surface area contributed by atoms with Crippen LogP contribution in [0.3, 0.4) is 0 Å². The SMILES string of the molecule is CC(C)(C)C(=O)Nc1ncccc1-c1cccc(Cn2cnc3ccc(C(=O)CO)cc3c2=O)c1. The number of nitrogens with one attached hydrogen (secondary N) is 1. The number of aliphatic hydroxyl groups is 1. The van der Waals surface area contributed by atoms with Gasteiger partial charge in [0.1, 0.15) is 12.4 Å². The fourth-order valence-electron chi connectivity index (χ4n) is 3.60. The summed E-state index contributed by atoms with van der Waals surface area (Å²) in [6.45, 7) is 5.15. The first-order chi connectivity index (χ1) is 16.7. The van der Waals surface area contributed by atoms with E-state index in [1.54, 1.807) is 24.4 Å². The van der Waals surface area contributed by atoms with Crippen molar-refractivity contribution < 1.29 is 14.7 Å². The smallest absolute Gasteiger partial charge is 0.261 e. The van der Waals surface area contributed by atoms with Gasteiger partial charge in [-0.2, -0.15) is 0 Å². The third-order valence-electron chi connectivity index (χ3n) is 5.60. The molecular weight excluding hydrogens is 444 g/mol. The van der Waals surface area contributed by atoms with Crippen LogP contribution < -0.4 is 10.9 Å². The maximum absolute atomic E-state index is 13.1. The zero-order chi connectivity index (χ0) is 25.2. The number of nitrogens with zero attached hydrogens (tertiary/aromatic N) is 3. The van der Waals surface area contributed by atoms with Gasteiger partial charge in [0.05, 0.1) is 23.8 Å². The molecule has 0 aliphatic carbocycles. The van der Waals surface area contributed by atoms with Crippen molar-refractivity contribution in [2.24, 2.45) is 5.41 Å². The van der Waals surface area contributed by atoms with E-state index in [4.69, 9.17) is 5.11 Å². The first kappa shape index (κ1) is 24.0. The van der Waals surface area contributed by atoms with E-state index in [1.807, 2.05) is 51.1 Å². The summed E-state index contributed by atoms with van der Waals surface area (Å²) >= 11 is 0. The van der Waals surface area contributed by atoms with Gasteiger partial charge in [-0.1, -0.05) is 39.0 Å². The number of amides is 1. The van der Waals surface area contributed by atoms with Gasteiger partial charge in [-0.3, -0.25) is 19.0 Å². The third-order valence-corrected chi connectivity index (χ3v) is 5.60. The normalized spacial score (nSPS) is 11.4. The molecular formula is C27H26N4O4. The summed E-state index contributed by atoms with van der Waals surface area (Å²) < 4.78 is 1.47. The molecule has 0 aliphatic heterocycles. The fraction of sp³-hybridized carbons (Fsp3) is 0.222. The summed E-state index contributed by atoms with van der Waals surface area (Å²) in [6.07, 6.45) is 3.10. The van der Waals surface area contributed by atoms with Crippen molar-refractivity contribution in [2.75, 3.05) is 11.9 Å². The number of rotatable bonds is 6. The zero-order valence-electron chi connectivity index (χ0n) is 19.8. The largest absolute Gasteiger partial charge is 0.388 e. The maximum atomic E-state index is 13.1. The van der Waals surface area contributed by atoms with Crippen LogP contribution >= 0.6 is 0 Å². The Hall–Kier alpha value is -4.17. The van der Waals surface area contributed by atoms with Crippen LogP contribution in [0.15, 0.2) is 71.9 Å². The number of aliphatic hydroxyl groups excluding tert-OH is 1. The summed E-state index contributed by atoms with van der Waals surface area (Å²) in [5.74, 6) is -0.128. The lowest BCUT2D eigenvalue weighted by Crippen LogP contribution is -2.28. The maximum Gasteiger partial charge on any atom is 0.261 e.